The lowest BCUT2D eigenvalue weighted by Crippen LogP contribution is -2.41. The van der Waals surface area contributed by atoms with Crippen molar-refractivity contribution in [2.75, 3.05) is 11.9 Å². The minimum Gasteiger partial charge on any atom is -0.325 e. The molecule has 1 saturated carbocycles. The molecule has 2 aromatic rings. The fraction of sp³-hybridized carbons (Fsp3) is 0.348. The maximum atomic E-state index is 12.8. The zero-order valence-electron chi connectivity index (χ0n) is 16.7. The standard InChI is InChI=1S/C23H24N4O3/c28-20(16-27-21(29)15-23(22(27)30)13-5-2-6-14-23)24-17-9-11-19(12-10-17)26-25-18-7-3-1-4-8-18/h1,3-4,7-12H,2,5-6,13-16H2,(H,24,28). The molecular formula is C23H24N4O3. The van der Waals surface area contributed by atoms with Gasteiger partial charge in [-0.15, -0.1) is 0 Å². The zero-order chi connectivity index (χ0) is 21.0. The largest absolute Gasteiger partial charge is 0.325 e. The second-order valence-electron chi connectivity index (χ2n) is 7.93. The molecule has 0 unspecified atom stereocenters. The van der Waals surface area contributed by atoms with Crippen molar-refractivity contribution in [3.63, 3.8) is 0 Å². The quantitative estimate of drug-likeness (QED) is 0.576. The van der Waals surface area contributed by atoms with Gasteiger partial charge in [0.15, 0.2) is 0 Å². The van der Waals surface area contributed by atoms with Crippen LogP contribution < -0.4 is 5.32 Å². The van der Waals surface area contributed by atoms with Gasteiger partial charge in [0.25, 0.3) is 0 Å². The number of rotatable bonds is 5. The molecular weight excluding hydrogens is 380 g/mol. The van der Waals surface area contributed by atoms with Crippen LogP contribution in [0.2, 0.25) is 0 Å². The van der Waals surface area contributed by atoms with Crippen molar-refractivity contribution < 1.29 is 14.4 Å². The topological polar surface area (TPSA) is 91.2 Å². The Bertz CT molecular complexity index is 964. The fourth-order valence-corrected chi connectivity index (χ4v) is 4.20. The second-order valence-corrected chi connectivity index (χ2v) is 7.93. The molecule has 0 bridgehead atoms. The average molecular weight is 404 g/mol. The van der Waals surface area contributed by atoms with Crippen LogP contribution in [0, 0.1) is 5.41 Å². The minimum atomic E-state index is -0.568. The Hall–Kier alpha value is -3.35. The number of hydrogen-bond donors (Lipinski definition) is 1. The van der Waals surface area contributed by atoms with Crippen LogP contribution in [0.15, 0.2) is 64.8 Å². The van der Waals surface area contributed by atoms with Crippen LogP contribution in [0.5, 0.6) is 0 Å². The molecule has 7 heteroatoms. The van der Waals surface area contributed by atoms with E-state index in [0.29, 0.717) is 11.4 Å². The van der Waals surface area contributed by atoms with Crippen LogP contribution in [-0.2, 0) is 14.4 Å². The molecule has 1 N–H and O–H groups in total. The molecule has 0 atom stereocenters. The molecule has 2 fully saturated rings. The Morgan fingerprint density at radius 2 is 1.53 bits per heavy atom. The number of imide groups is 1. The van der Waals surface area contributed by atoms with Crippen molar-refractivity contribution in [3.05, 3.63) is 54.6 Å². The normalized spacial score (nSPS) is 18.3. The molecule has 1 aliphatic carbocycles. The number of benzene rings is 2. The summed E-state index contributed by atoms with van der Waals surface area (Å²) < 4.78 is 0. The highest BCUT2D eigenvalue weighted by molar-refractivity contribution is 6.09. The first-order valence-electron chi connectivity index (χ1n) is 10.3. The highest BCUT2D eigenvalue weighted by Crippen LogP contribution is 2.45. The summed E-state index contributed by atoms with van der Waals surface area (Å²) in [6.07, 6.45) is 4.76. The zero-order valence-corrected chi connectivity index (χ0v) is 16.7. The predicted octanol–water partition coefficient (Wildman–Crippen LogP) is 4.75. The van der Waals surface area contributed by atoms with Crippen LogP contribution in [0.4, 0.5) is 17.1 Å². The van der Waals surface area contributed by atoms with E-state index in [9.17, 15) is 14.4 Å². The van der Waals surface area contributed by atoms with E-state index in [2.05, 4.69) is 15.5 Å². The van der Waals surface area contributed by atoms with Crippen molar-refractivity contribution in [1.82, 2.24) is 4.90 Å². The number of amides is 3. The van der Waals surface area contributed by atoms with Crippen LogP contribution >= 0.6 is 0 Å². The maximum Gasteiger partial charge on any atom is 0.244 e. The summed E-state index contributed by atoms with van der Waals surface area (Å²) in [5.74, 6) is -0.809. The molecule has 3 amide bonds. The number of anilines is 1. The first-order valence-corrected chi connectivity index (χ1v) is 10.3. The van der Waals surface area contributed by atoms with E-state index in [1.165, 1.54) is 0 Å². The molecule has 2 aliphatic rings. The van der Waals surface area contributed by atoms with Crippen molar-refractivity contribution in [3.8, 4) is 0 Å². The fourth-order valence-electron chi connectivity index (χ4n) is 4.20. The van der Waals surface area contributed by atoms with E-state index in [4.69, 9.17) is 0 Å². The summed E-state index contributed by atoms with van der Waals surface area (Å²) in [6.45, 7) is -0.241. The molecule has 1 saturated heterocycles. The molecule has 1 spiro atoms. The smallest absolute Gasteiger partial charge is 0.244 e. The molecule has 7 nitrogen and oxygen atoms in total. The van der Waals surface area contributed by atoms with E-state index in [1.54, 1.807) is 24.3 Å². The molecule has 4 rings (SSSR count). The van der Waals surface area contributed by atoms with Crippen molar-refractivity contribution >= 4 is 34.8 Å². The summed E-state index contributed by atoms with van der Waals surface area (Å²) in [6, 6.07) is 16.3. The average Bonchev–Trinajstić information content (AvgIpc) is 2.98. The minimum absolute atomic E-state index is 0.181. The van der Waals surface area contributed by atoms with Gasteiger partial charge >= 0.3 is 0 Å². The lowest BCUT2D eigenvalue weighted by atomic mass is 9.73. The van der Waals surface area contributed by atoms with Gasteiger partial charge in [0.1, 0.15) is 6.54 Å². The van der Waals surface area contributed by atoms with E-state index in [0.717, 1.165) is 42.7 Å². The monoisotopic (exact) mass is 404 g/mol. The predicted molar refractivity (Wildman–Crippen MR) is 113 cm³/mol. The van der Waals surface area contributed by atoms with E-state index < -0.39 is 5.41 Å². The second kappa shape index (κ2) is 8.57. The lowest BCUT2D eigenvalue weighted by Gasteiger charge is -2.30. The van der Waals surface area contributed by atoms with Crippen LogP contribution in [0.3, 0.4) is 0 Å². The van der Waals surface area contributed by atoms with Crippen molar-refractivity contribution in [2.24, 2.45) is 15.6 Å². The summed E-state index contributed by atoms with van der Waals surface area (Å²) in [4.78, 5) is 38.8. The molecule has 1 heterocycles. The van der Waals surface area contributed by atoms with Gasteiger partial charge in [0.2, 0.25) is 17.7 Å². The first-order chi connectivity index (χ1) is 14.6. The molecule has 30 heavy (non-hydrogen) atoms. The van der Waals surface area contributed by atoms with Crippen molar-refractivity contribution in [2.45, 2.75) is 38.5 Å². The first kappa shape index (κ1) is 19.9. The number of azo groups is 1. The van der Waals surface area contributed by atoms with Gasteiger partial charge in [0, 0.05) is 12.1 Å². The summed E-state index contributed by atoms with van der Waals surface area (Å²) >= 11 is 0. The van der Waals surface area contributed by atoms with Crippen molar-refractivity contribution in [1.29, 1.82) is 0 Å². The Morgan fingerprint density at radius 1 is 0.900 bits per heavy atom. The number of hydrogen-bond acceptors (Lipinski definition) is 5. The third kappa shape index (κ3) is 4.30. The van der Waals surface area contributed by atoms with E-state index in [-0.39, 0.29) is 30.7 Å². The number of carbonyl (C=O) groups is 3. The van der Waals surface area contributed by atoms with Gasteiger partial charge in [-0.2, -0.15) is 10.2 Å². The summed E-state index contributed by atoms with van der Waals surface area (Å²) in [5.41, 5.74) is 1.41. The number of likely N-dealkylation sites (tertiary alicyclic amines) is 1. The van der Waals surface area contributed by atoms with Gasteiger partial charge in [-0.25, -0.2) is 0 Å². The number of nitrogens with zero attached hydrogens (tertiary/aromatic N) is 3. The number of carbonyl (C=O) groups excluding carboxylic acids is 3. The van der Waals surface area contributed by atoms with Crippen LogP contribution in [0.25, 0.3) is 0 Å². The lowest BCUT2D eigenvalue weighted by molar-refractivity contribution is -0.144. The summed E-state index contributed by atoms with van der Waals surface area (Å²) in [7, 11) is 0. The Morgan fingerprint density at radius 3 is 2.20 bits per heavy atom. The highest BCUT2D eigenvalue weighted by atomic mass is 16.2. The van der Waals surface area contributed by atoms with E-state index >= 15 is 0 Å². The van der Waals surface area contributed by atoms with E-state index in [1.807, 2.05) is 30.3 Å². The molecule has 154 valence electrons. The Balaban J connectivity index is 1.34. The molecule has 2 aromatic carbocycles. The summed E-state index contributed by atoms with van der Waals surface area (Å²) in [5, 5.41) is 11.1. The van der Waals surface area contributed by atoms with Gasteiger partial charge in [-0.05, 0) is 49.2 Å². The molecule has 1 aliphatic heterocycles. The third-order valence-electron chi connectivity index (χ3n) is 5.79. The maximum absolute atomic E-state index is 12.8. The van der Waals surface area contributed by atoms with Gasteiger partial charge in [0.05, 0.1) is 16.8 Å². The molecule has 0 aromatic heterocycles. The van der Waals surface area contributed by atoms with Gasteiger partial charge < -0.3 is 5.32 Å². The number of nitrogens with one attached hydrogen (secondary N) is 1. The van der Waals surface area contributed by atoms with Gasteiger partial charge in [-0.1, -0.05) is 37.5 Å². The van der Waals surface area contributed by atoms with Crippen LogP contribution in [-0.4, -0.2) is 29.2 Å². The SMILES string of the molecule is O=C(CN1C(=O)CC2(CCCCC2)C1=O)Nc1ccc(N=Nc2ccccc2)cc1. The highest BCUT2D eigenvalue weighted by Gasteiger charge is 2.51. The van der Waals surface area contributed by atoms with Gasteiger partial charge in [-0.3, -0.25) is 19.3 Å². The Kier molecular flexibility index (Phi) is 5.70. The third-order valence-corrected chi connectivity index (χ3v) is 5.79. The van der Waals surface area contributed by atoms with Crippen LogP contribution in [0.1, 0.15) is 38.5 Å². The Labute approximate surface area is 175 Å². The molecule has 0 radical (unpaired) electrons.